The molecule has 136 valence electrons. The summed E-state index contributed by atoms with van der Waals surface area (Å²) in [4.78, 5) is 26.2. The zero-order chi connectivity index (χ0) is 18.7. The van der Waals surface area contributed by atoms with Crippen LogP contribution in [0.25, 0.3) is 0 Å². The van der Waals surface area contributed by atoms with Gasteiger partial charge in [-0.25, -0.2) is 0 Å². The SMILES string of the molecule is CCOc1cccc(C(=O)N2C[C@@H](C(=O)O)[C@H](c3ccc(Cl)cc3)C2)c1. The van der Waals surface area contributed by atoms with Crippen LogP contribution in [0.5, 0.6) is 5.75 Å². The number of likely N-dealkylation sites (tertiary alicyclic amines) is 1. The number of nitrogens with zero attached hydrogens (tertiary/aromatic N) is 1. The van der Waals surface area contributed by atoms with Crippen molar-refractivity contribution in [2.24, 2.45) is 5.92 Å². The summed E-state index contributed by atoms with van der Waals surface area (Å²) in [5.74, 6) is -1.36. The summed E-state index contributed by atoms with van der Waals surface area (Å²) in [6.07, 6.45) is 0. The van der Waals surface area contributed by atoms with E-state index >= 15 is 0 Å². The van der Waals surface area contributed by atoms with Gasteiger partial charge in [0.2, 0.25) is 0 Å². The summed E-state index contributed by atoms with van der Waals surface area (Å²) in [6.45, 7) is 2.93. The molecular weight excluding hydrogens is 354 g/mol. The van der Waals surface area contributed by atoms with E-state index < -0.39 is 11.9 Å². The third-order valence-corrected chi connectivity index (χ3v) is 4.87. The molecule has 1 N–H and O–H groups in total. The molecule has 2 aromatic rings. The first-order valence-electron chi connectivity index (χ1n) is 8.50. The number of hydrogen-bond acceptors (Lipinski definition) is 3. The molecule has 0 unspecified atom stereocenters. The quantitative estimate of drug-likeness (QED) is 0.868. The number of amides is 1. The Morgan fingerprint density at radius 3 is 2.58 bits per heavy atom. The van der Waals surface area contributed by atoms with Crippen LogP contribution in [-0.4, -0.2) is 41.6 Å². The minimum absolute atomic E-state index is 0.181. The third-order valence-electron chi connectivity index (χ3n) is 4.61. The molecule has 1 aliphatic heterocycles. The van der Waals surface area contributed by atoms with E-state index in [0.29, 0.717) is 29.5 Å². The van der Waals surface area contributed by atoms with E-state index in [-0.39, 0.29) is 18.4 Å². The van der Waals surface area contributed by atoms with Gasteiger partial charge in [-0.3, -0.25) is 9.59 Å². The Morgan fingerprint density at radius 2 is 1.92 bits per heavy atom. The molecule has 3 rings (SSSR count). The summed E-state index contributed by atoms with van der Waals surface area (Å²) in [7, 11) is 0. The van der Waals surface area contributed by atoms with E-state index in [0.717, 1.165) is 5.56 Å². The summed E-state index contributed by atoms with van der Waals surface area (Å²) in [5, 5.41) is 10.2. The van der Waals surface area contributed by atoms with Crippen LogP contribution in [0.1, 0.15) is 28.8 Å². The van der Waals surface area contributed by atoms with E-state index in [4.69, 9.17) is 16.3 Å². The zero-order valence-electron chi connectivity index (χ0n) is 14.4. The number of carboxylic acid groups (broad SMARTS) is 1. The van der Waals surface area contributed by atoms with Crippen molar-refractivity contribution >= 4 is 23.5 Å². The number of ether oxygens (including phenoxy) is 1. The molecule has 26 heavy (non-hydrogen) atoms. The zero-order valence-corrected chi connectivity index (χ0v) is 15.1. The number of carbonyl (C=O) groups excluding carboxylic acids is 1. The standard InChI is InChI=1S/C20H20ClNO4/c1-2-26-16-5-3-4-14(10-16)19(23)22-11-17(18(12-22)20(24)25)13-6-8-15(21)9-7-13/h3-10,17-18H,2,11-12H2,1H3,(H,24,25)/t17-,18+/m0/s1. The number of carbonyl (C=O) groups is 2. The molecule has 6 heteroatoms. The second kappa shape index (κ2) is 7.79. The molecule has 2 atom stereocenters. The molecule has 2 aromatic carbocycles. The van der Waals surface area contributed by atoms with Crippen LogP contribution in [0.15, 0.2) is 48.5 Å². The van der Waals surface area contributed by atoms with Crippen LogP contribution in [-0.2, 0) is 4.79 Å². The fraction of sp³-hybridized carbons (Fsp3) is 0.300. The molecule has 0 bridgehead atoms. The highest BCUT2D eigenvalue weighted by Crippen LogP contribution is 2.34. The third kappa shape index (κ3) is 3.83. The molecule has 0 radical (unpaired) electrons. The minimum Gasteiger partial charge on any atom is -0.494 e. The van der Waals surface area contributed by atoms with Gasteiger partial charge in [0.15, 0.2) is 0 Å². The molecule has 5 nitrogen and oxygen atoms in total. The first-order chi connectivity index (χ1) is 12.5. The average Bonchev–Trinajstić information content (AvgIpc) is 3.08. The van der Waals surface area contributed by atoms with Gasteiger partial charge in [-0.1, -0.05) is 29.8 Å². The smallest absolute Gasteiger partial charge is 0.308 e. The Labute approximate surface area is 157 Å². The number of halogens is 1. The van der Waals surface area contributed by atoms with Gasteiger partial charge < -0.3 is 14.7 Å². The Bertz CT molecular complexity index is 806. The van der Waals surface area contributed by atoms with E-state index in [1.807, 2.05) is 19.1 Å². The lowest BCUT2D eigenvalue weighted by Gasteiger charge is -2.17. The van der Waals surface area contributed by atoms with Gasteiger partial charge in [-0.05, 0) is 42.8 Å². The summed E-state index contributed by atoms with van der Waals surface area (Å²) < 4.78 is 5.44. The van der Waals surface area contributed by atoms with Gasteiger partial charge in [-0.2, -0.15) is 0 Å². The number of aliphatic carboxylic acids is 1. The molecule has 1 amide bonds. The van der Waals surface area contributed by atoms with Crippen molar-refractivity contribution in [1.82, 2.24) is 4.90 Å². The predicted molar refractivity (Wildman–Crippen MR) is 98.8 cm³/mol. The fourth-order valence-corrected chi connectivity index (χ4v) is 3.46. The summed E-state index contributed by atoms with van der Waals surface area (Å²) in [6, 6.07) is 14.1. The minimum atomic E-state index is -0.900. The molecule has 1 saturated heterocycles. The maximum absolute atomic E-state index is 12.9. The molecular formula is C20H20ClNO4. The van der Waals surface area contributed by atoms with Gasteiger partial charge in [0, 0.05) is 29.6 Å². The molecule has 1 fully saturated rings. The Morgan fingerprint density at radius 1 is 1.19 bits per heavy atom. The number of rotatable bonds is 5. The van der Waals surface area contributed by atoms with Crippen LogP contribution in [0.3, 0.4) is 0 Å². The average molecular weight is 374 g/mol. The van der Waals surface area contributed by atoms with Crippen LogP contribution in [0, 0.1) is 5.92 Å². The fourth-order valence-electron chi connectivity index (χ4n) is 3.34. The van der Waals surface area contributed by atoms with E-state index in [9.17, 15) is 14.7 Å². The highest BCUT2D eigenvalue weighted by Gasteiger charge is 2.40. The van der Waals surface area contributed by atoms with Crippen molar-refractivity contribution in [1.29, 1.82) is 0 Å². The van der Waals surface area contributed by atoms with Crippen molar-refractivity contribution in [3.63, 3.8) is 0 Å². The lowest BCUT2D eigenvalue weighted by Crippen LogP contribution is -2.29. The second-order valence-corrected chi connectivity index (χ2v) is 6.71. The molecule has 0 aromatic heterocycles. The topological polar surface area (TPSA) is 66.8 Å². The van der Waals surface area contributed by atoms with E-state index in [2.05, 4.69) is 0 Å². The molecule has 0 spiro atoms. The van der Waals surface area contributed by atoms with Crippen LogP contribution in [0.4, 0.5) is 0 Å². The highest BCUT2D eigenvalue weighted by molar-refractivity contribution is 6.30. The predicted octanol–water partition coefficient (Wildman–Crippen LogP) is 3.68. The first-order valence-corrected chi connectivity index (χ1v) is 8.87. The normalized spacial score (nSPS) is 19.4. The van der Waals surface area contributed by atoms with Gasteiger partial charge >= 0.3 is 5.97 Å². The monoisotopic (exact) mass is 373 g/mol. The van der Waals surface area contributed by atoms with Crippen LogP contribution < -0.4 is 4.74 Å². The Balaban J connectivity index is 1.83. The largest absolute Gasteiger partial charge is 0.494 e. The number of benzene rings is 2. The van der Waals surface area contributed by atoms with E-state index in [1.54, 1.807) is 41.3 Å². The number of carboxylic acids is 1. The Hall–Kier alpha value is -2.53. The van der Waals surface area contributed by atoms with Gasteiger partial charge in [0.05, 0.1) is 12.5 Å². The van der Waals surface area contributed by atoms with Crippen molar-refractivity contribution in [2.45, 2.75) is 12.8 Å². The maximum Gasteiger partial charge on any atom is 0.308 e. The van der Waals surface area contributed by atoms with Crippen LogP contribution >= 0.6 is 11.6 Å². The lowest BCUT2D eigenvalue weighted by atomic mass is 9.89. The van der Waals surface area contributed by atoms with Gasteiger partial charge in [0.25, 0.3) is 5.91 Å². The van der Waals surface area contributed by atoms with Crippen molar-refractivity contribution in [2.75, 3.05) is 19.7 Å². The summed E-state index contributed by atoms with van der Waals surface area (Å²) >= 11 is 5.92. The maximum atomic E-state index is 12.9. The molecule has 0 saturated carbocycles. The van der Waals surface area contributed by atoms with Crippen molar-refractivity contribution in [3.05, 3.63) is 64.7 Å². The van der Waals surface area contributed by atoms with E-state index in [1.165, 1.54) is 0 Å². The van der Waals surface area contributed by atoms with Crippen molar-refractivity contribution in [3.8, 4) is 5.75 Å². The molecule has 0 aliphatic carbocycles. The molecule has 1 heterocycles. The van der Waals surface area contributed by atoms with Gasteiger partial charge in [0.1, 0.15) is 5.75 Å². The number of hydrogen-bond donors (Lipinski definition) is 1. The Kier molecular flexibility index (Phi) is 5.47. The van der Waals surface area contributed by atoms with Gasteiger partial charge in [-0.15, -0.1) is 0 Å². The first kappa shape index (κ1) is 18.3. The second-order valence-electron chi connectivity index (χ2n) is 6.27. The lowest BCUT2D eigenvalue weighted by molar-refractivity contribution is -0.141. The highest BCUT2D eigenvalue weighted by atomic mass is 35.5. The summed E-state index contributed by atoms with van der Waals surface area (Å²) in [5.41, 5.74) is 1.37. The molecule has 1 aliphatic rings. The van der Waals surface area contributed by atoms with Crippen LogP contribution in [0.2, 0.25) is 5.02 Å². The van der Waals surface area contributed by atoms with Crippen molar-refractivity contribution < 1.29 is 19.4 Å².